The topological polar surface area (TPSA) is 38.8 Å². The van der Waals surface area contributed by atoms with E-state index in [1.165, 1.54) is 18.4 Å². The average molecular weight is 391 g/mol. The van der Waals surface area contributed by atoms with Crippen LogP contribution in [0.15, 0.2) is 24.3 Å². The van der Waals surface area contributed by atoms with Gasteiger partial charge in [-0.05, 0) is 43.4 Å². The number of benzene rings is 1. The molecule has 3 fully saturated rings. The number of carbonyl (C=O) groups excluding carboxylic acids is 1. The molecule has 6 heteroatoms. The zero-order valence-electron chi connectivity index (χ0n) is 16.1. The van der Waals surface area contributed by atoms with Gasteiger partial charge in [-0.3, -0.25) is 14.6 Å². The fourth-order valence-electron chi connectivity index (χ4n) is 4.32. The quantitative estimate of drug-likeness (QED) is 0.808. The second-order valence-electron chi connectivity index (χ2n) is 8.29. The zero-order valence-corrected chi connectivity index (χ0v) is 16.8. The van der Waals surface area contributed by atoms with Gasteiger partial charge < -0.3 is 10.2 Å². The van der Waals surface area contributed by atoms with Crippen molar-refractivity contribution >= 4 is 17.5 Å². The summed E-state index contributed by atoms with van der Waals surface area (Å²) >= 11 is 6.08. The van der Waals surface area contributed by atoms with Crippen LogP contribution in [0, 0.1) is 0 Å². The number of rotatable bonds is 6. The highest BCUT2D eigenvalue weighted by atomic mass is 35.5. The van der Waals surface area contributed by atoms with Crippen LogP contribution in [0.2, 0.25) is 5.02 Å². The molecule has 1 amide bonds. The van der Waals surface area contributed by atoms with Gasteiger partial charge in [0.2, 0.25) is 5.91 Å². The number of piperazine rings is 1. The van der Waals surface area contributed by atoms with Gasteiger partial charge in [-0.1, -0.05) is 23.7 Å². The lowest BCUT2D eigenvalue weighted by Gasteiger charge is -2.35. The number of amides is 1. The number of nitrogens with one attached hydrogen (secondary N) is 1. The number of carbonyl (C=O) groups is 1. The molecular weight excluding hydrogens is 360 g/mol. The summed E-state index contributed by atoms with van der Waals surface area (Å²) in [5.41, 5.74) is 1.26. The molecule has 5 nitrogen and oxygen atoms in total. The van der Waals surface area contributed by atoms with Crippen LogP contribution in [-0.2, 0) is 11.3 Å². The van der Waals surface area contributed by atoms with Gasteiger partial charge in [0.25, 0.3) is 0 Å². The van der Waals surface area contributed by atoms with Crippen LogP contribution in [0.1, 0.15) is 31.2 Å². The summed E-state index contributed by atoms with van der Waals surface area (Å²) in [5.74, 6) is 0.197. The van der Waals surface area contributed by atoms with Crippen molar-refractivity contribution in [2.24, 2.45) is 0 Å². The van der Waals surface area contributed by atoms with Crippen LogP contribution in [-0.4, -0.2) is 78.5 Å². The SMILES string of the molecule is O=C(CN1CCN(Cc2cccc(Cl)c2)CC1)NC1CCN(C2CC2)CC1. The number of nitrogens with zero attached hydrogens (tertiary/aromatic N) is 3. The lowest BCUT2D eigenvalue weighted by molar-refractivity contribution is -0.123. The first-order valence-corrected chi connectivity index (χ1v) is 10.8. The van der Waals surface area contributed by atoms with Crippen molar-refractivity contribution in [2.75, 3.05) is 45.8 Å². The Labute approximate surface area is 167 Å². The molecule has 27 heavy (non-hydrogen) atoms. The molecule has 0 bridgehead atoms. The minimum Gasteiger partial charge on any atom is -0.352 e. The molecule has 0 unspecified atom stereocenters. The summed E-state index contributed by atoms with van der Waals surface area (Å²) in [5, 5.41) is 4.06. The van der Waals surface area contributed by atoms with Gasteiger partial charge in [-0.2, -0.15) is 0 Å². The molecule has 1 aromatic rings. The fraction of sp³-hybridized carbons (Fsp3) is 0.667. The summed E-state index contributed by atoms with van der Waals surface area (Å²) < 4.78 is 0. The molecule has 0 radical (unpaired) electrons. The number of likely N-dealkylation sites (tertiary alicyclic amines) is 1. The molecule has 1 aliphatic carbocycles. The standard InChI is InChI=1S/C21H31ClN4O/c22-18-3-1-2-17(14-18)15-24-10-12-25(13-11-24)16-21(27)23-19-6-8-26(9-7-19)20-4-5-20/h1-3,14,19-20H,4-13,15-16H2,(H,23,27). The third-order valence-corrected chi connectivity index (χ3v) is 6.32. The number of hydrogen-bond donors (Lipinski definition) is 1. The Bertz CT molecular complexity index is 635. The molecule has 0 atom stereocenters. The molecule has 1 saturated carbocycles. The van der Waals surface area contributed by atoms with Gasteiger partial charge in [0.1, 0.15) is 0 Å². The van der Waals surface area contributed by atoms with Crippen LogP contribution < -0.4 is 5.32 Å². The normalized spacial score (nSPS) is 23.4. The van der Waals surface area contributed by atoms with Gasteiger partial charge in [0, 0.05) is 62.9 Å². The molecule has 148 valence electrons. The van der Waals surface area contributed by atoms with E-state index in [0.29, 0.717) is 12.6 Å². The fourth-order valence-corrected chi connectivity index (χ4v) is 4.54. The highest BCUT2D eigenvalue weighted by Crippen LogP contribution is 2.29. The summed E-state index contributed by atoms with van der Waals surface area (Å²) in [6.45, 7) is 7.67. The maximum atomic E-state index is 12.4. The van der Waals surface area contributed by atoms with E-state index in [-0.39, 0.29) is 5.91 Å². The maximum absolute atomic E-state index is 12.4. The molecule has 2 aliphatic heterocycles. The molecule has 3 aliphatic rings. The molecule has 2 heterocycles. The smallest absolute Gasteiger partial charge is 0.234 e. The summed E-state index contributed by atoms with van der Waals surface area (Å²) in [6.07, 6.45) is 4.96. The van der Waals surface area contributed by atoms with E-state index >= 15 is 0 Å². The molecule has 1 N–H and O–H groups in total. The Hall–Kier alpha value is -1.14. The molecule has 0 spiro atoms. The van der Waals surface area contributed by atoms with Crippen molar-refractivity contribution in [2.45, 2.75) is 44.3 Å². The molecule has 1 aromatic carbocycles. The minimum absolute atomic E-state index is 0.197. The van der Waals surface area contributed by atoms with E-state index in [1.54, 1.807) is 0 Å². The van der Waals surface area contributed by atoms with Crippen molar-refractivity contribution < 1.29 is 4.79 Å². The van der Waals surface area contributed by atoms with E-state index < -0.39 is 0 Å². The Morgan fingerprint density at radius 3 is 2.37 bits per heavy atom. The van der Waals surface area contributed by atoms with Crippen LogP contribution in [0.5, 0.6) is 0 Å². The van der Waals surface area contributed by atoms with Gasteiger partial charge in [0.15, 0.2) is 0 Å². The van der Waals surface area contributed by atoms with Crippen molar-refractivity contribution in [3.63, 3.8) is 0 Å². The summed E-state index contributed by atoms with van der Waals surface area (Å²) in [7, 11) is 0. The molecule has 2 saturated heterocycles. The summed E-state index contributed by atoms with van der Waals surface area (Å²) in [4.78, 5) is 19.7. The van der Waals surface area contributed by atoms with Crippen molar-refractivity contribution in [3.8, 4) is 0 Å². The monoisotopic (exact) mass is 390 g/mol. The lowest BCUT2D eigenvalue weighted by atomic mass is 10.0. The van der Waals surface area contributed by atoms with Crippen LogP contribution in [0.25, 0.3) is 0 Å². The van der Waals surface area contributed by atoms with E-state index in [2.05, 4.69) is 26.1 Å². The van der Waals surface area contributed by atoms with E-state index in [4.69, 9.17) is 11.6 Å². The van der Waals surface area contributed by atoms with Crippen LogP contribution in [0.3, 0.4) is 0 Å². The van der Waals surface area contributed by atoms with Gasteiger partial charge in [0.05, 0.1) is 6.54 Å². The van der Waals surface area contributed by atoms with Crippen LogP contribution in [0.4, 0.5) is 0 Å². The Balaban J connectivity index is 1.14. The number of hydrogen-bond acceptors (Lipinski definition) is 4. The minimum atomic E-state index is 0.197. The zero-order chi connectivity index (χ0) is 18.6. The first-order valence-electron chi connectivity index (χ1n) is 10.4. The van der Waals surface area contributed by atoms with E-state index in [0.717, 1.165) is 69.7 Å². The van der Waals surface area contributed by atoms with Gasteiger partial charge in [-0.25, -0.2) is 0 Å². The average Bonchev–Trinajstić information content (AvgIpc) is 3.49. The van der Waals surface area contributed by atoms with E-state index in [1.807, 2.05) is 18.2 Å². The Kier molecular flexibility index (Phi) is 6.33. The number of halogens is 1. The first-order chi connectivity index (χ1) is 13.2. The van der Waals surface area contributed by atoms with Crippen molar-refractivity contribution in [3.05, 3.63) is 34.9 Å². The molecule has 0 aromatic heterocycles. The summed E-state index contributed by atoms with van der Waals surface area (Å²) in [6, 6.07) is 9.31. The Morgan fingerprint density at radius 2 is 1.70 bits per heavy atom. The van der Waals surface area contributed by atoms with Crippen molar-refractivity contribution in [1.29, 1.82) is 0 Å². The Morgan fingerprint density at radius 1 is 1.00 bits per heavy atom. The second kappa shape index (κ2) is 8.91. The predicted molar refractivity (Wildman–Crippen MR) is 109 cm³/mol. The molecule has 4 rings (SSSR count). The third kappa shape index (κ3) is 5.67. The maximum Gasteiger partial charge on any atom is 0.234 e. The number of piperidine rings is 1. The van der Waals surface area contributed by atoms with Crippen LogP contribution >= 0.6 is 11.6 Å². The van der Waals surface area contributed by atoms with Gasteiger partial charge in [-0.15, -0.1) is 0 Å². The lowest BCUT2D eigenvalue weighted by Crippen LogP contribution is -2.51. The highest BCUT2D eigenvalue weighted by molar-refractivity contribution is 6.30. The third-order valence-electron chi connectivity index (χ3n) is 6.09. The highest BCUT2D eigenvalue weighted by Gasteiger charge is 2.32. The van der Waals surface area contributed by atoms with Crippen molar-refractivity contribution in [1.82, 2.24) is 20.0 Å². The second-order valence-corrected chi connectivity index (χ2v) is 8.73. The van der Waals surface area contributed by atoms with Gasteiger partial charge >= 0.3 is 0 Å². The molecular formula is C21H31ClN4O. The predicted octanol–water partition coefficient (Wildman–Crippen LogP) is 2.20. The van der Waals surface area contributed by atoms with E-state index in [9.17, 15) is 4.79 Å². The largest absolute Gasteiger partial charge is 0.352 e. The first kappa shape index (κ1) is 19.2.